The zero-order chi connectivity index (χ0) is 82.7. The Morgan fingerprint density at radius 1 is 0.387 bits per heavy atom. The quantitative estimate of drug-likeness (QED) is 0.0144. The van der Waals surface area contributed by atoms with Crippen molar-refractivity contribution in [3.8, 4) is 51.7 Å². The summed E-state index contributed by atoms with van der Waals surface area (Å²) in [4.78, 5) is 61.1. The van der Waals surface area contributed by atoms with Crippen LogP contribution in [-0.2, 0) is 43.2 Å². The third-order valence-corrected chi connectivity index (χ3v) is 20.0. The molecule has 0 saturated carbocycles. The fraction of sp³-hybridized carbons (Fsp3) is 0.376. The van der Waals surface area contributed by atoms with Crippen molar-refractivity contribution < 1.29 is 73.2 Å². The third kappa shape index (κ3) is 27.6. The number of hydrogen-bond acceptors (Lipinski definition) is 14. The van der Waals surface area contributed by atoms with Crippen LogP contribution >= 0.6 is 81.2 Å². The first-order chi connectivity index (χ1) is 52.5. The van der Waals surface area contributed by atoms with E-state index in [1.165, 1.54) is 30.3 Å². The number of aliphatic carboxylic acids is 1. The van der Waals surface area contributed by atoms with Gasteiger partial charge in [0.25, 0.3) is 17.7 Å². The molecule has 0 heterocycles. The van der Waals surface area contributed by atoms with Crippen LogP contribution in [0.1, 0.15) is 166 Å². The molecule has 0 aliphatic rings. The summed E-state index contributed by atoms with van der Waals surface area (Å²) in [7, 11) is 0. The molecular formula is C85H101Cl7N4O15. The smallest absolute Gasteiger partial charge is 0.303 e. The number of rotatable bonds is 31. The molecule has 0 aromatic heterocycles. The van der Waals surface area contributed by atoms with Crippen LogP contribution in [0.25, 0.3) is 0 Å². The number of aromatic hydroxyl groups is 4. The van der Waals surface area contributed by atoms with E-state index in [0.29, 0.717) is 124 Å². The maximum atomic E-state index is 13.0. The minimum Gasteiger partial charge on any atom is -0.506 e. The van der Waals surface area contributed by atoms with E-state index in [0.717, 1.165) is 62.9 Å². The van der Waals surface area contributed by atoms with Gasteiger partial charge in [-0.2, -0.15) is 0 Å². The summed E-state index contributed by atoms with van der Waals surface area (Å²) < 4.78 is 29.1. The highest BCUT2D eigenvalue weighted by Crippen LogP contribution is 2.44. The zero-order valence-corrected chi connectivity index (χ0v) is 70.6. The Balaban J connectivity index is 0.000000266. The van der Waals surface area contributed by atoms with Crippen LogP contribution in [0.5, 0.6) is 51.7 Å². The predicted octanol–water partition coefficient (Wildman–Crippen LogP) is 22.8. The molecule has 26 heteroatoms. The molecule has 0 saturated heterocycles. The van der Waals surface area contributed by atoms with E-state index in [1.807, 2.05) is 145 Å². The fourth-order valence-electron chi connectivity index (χ4n) is 11.4. The van der Waals surface area contributed by atoms with E-state index in [2.05, 4.69) is 28.2 Å². The summed E-state index contributed by atoms with van der Waals surface area (Å²) in [5.74, 6) is 0.0867. The number of anilines is 4. The number of phenolic OH excluding ortho intramolecular Hbond substituents is 4. The highest BCUT2D eigenvalue weighted by atomic mass is 35.5. The molecule has 8 rings (SSSR count). The second-order valence-corrected chi connectivity index (χ2v) is 29.4. The van der Waals surface area contributed by atoms with Gasteiger partial charge in [0, 0.05) is 39.5 Å². The average molecular weight is 1670 g/mol. The average Bonchev–Trinajstić information content (AvgIpc) is 0.810. The third-order valence-electron chi connectivity index (χ3n) is 17.4. The molecule has 111 heavy (non-hydrogen) atoms. The Labute approximate surface area is 686 Å². The van der Waals surface area contributed by atoms with Gasteiger partial charge in [0.05, 0.1) is 56.1 Å². The van der Waals surface area contributed by atoms with Gasteiger partial charge in [-0.05, 0) is 213 Å². The van der Waals surface area contributed by atoms with Gasteiger partial charge < -0.3 is 70.5 Å². The van der Waals surface area contributed by atoms with Gasteiger partial charge >= 0.3 is 5.97 Å². The lowest BCUT2D eigenvalue weighted by atomic mass is 10.1. The van der Waals surface area contributed by atoms with Crippen LogP contribution in [-0.4, -0.2) is 86.7 Å². The molecule has 3 atom stereocenters. The fourth-order valence-corrected chi connectivity index (χ4v) is 13.7. The number of ether oxygens (including phenoxy) is 5. The Morgan fingerprint density at radius 2 is 0.793 bits per heavy atom. The summed E-state index contributed by atoms with van der Waals surface area (Å²) in [5, 5.41) is 62.7. The number of carbonyl (C=O) groups excluding carboxylic acids is 4. The normalized spacial score (nSPS) is 11.5. The molecule has 4 amide bonds. The van der Waals surface area contributed by atoms with Crippen molar-refractivity contribution in [2.45, 2.75) is 199 Å². The molecular weight excluding hydrogens is 1570 g/mol. The monoisotopic (exact) mass is 1660 g/mol. The molecule has 8 aromatic carbocycles. The summed E-state index contributed by atoms with van der Waals surface area (Å²) in [6, 6.07) is 28.7. The van der Waals surface area contributed by atoms with Crippen LogP contribution in [0.15, 0.2) is 97.1 Å². The summed E-state index contributed by atoms with van der Waals surface area (Å²) in [6.07, 6.45) is 3.78. The molecule has 8 aromatic rings. The molecule has 600 valence electrons. The van der Waals surface area contributed by atoms with Crippen LogP contribution in [0.4, 0.5) is 22.7 Å². The minimum absolute atomic E-state index is 0.0211. The number of halogens is 7. The number of amides is 4. The second-order valence-electron chi connectivity index (χ2n) is 26.6. The van der Waals surface area contributed by atoms with Crippen LogP contribution in [0.3, 0.4) is 0 Å². The number of unbranched alkanes of at least 4 members (excludes halogenated alkanes) is 1. The van der Waals surface area contributed by atoms with Crippen molar-refractivity contribution in [1.82, 2.24) is 0 Å². The molecule has 0 bridgehead atoms. The molecule has 0 fully saturated rings. The minimum atomic E-state index is -0.908. The summed E-state index contributed by atoms with van der Waals surface area (Å²) in [6.45, 7) is 29.5. The van der Waals surface area contributed by atoms with E-state index in [9.17, 15) is 44.4 Å². The first-order valence-corrected chi connectivity index (χ1v) is 39.3. The molecule has 0 spiro atoms. The van der Waals surface area contributed by atoms with Crippen LogP contribution < -0.4 is 45.0 Å². The van der Waals surface area contributed by atoms with Crippen LogP contribution in [0.2, 0.25) is 35.2 Å². The SMILES string of the molecule is CCC(Oc1ccc(C)cc1C)C(=O)Nc1cc(Cl)c(C)cc1O.CCCCC(Oc1c(C)cc(C)cc1C)C(=O)Nc1cc(Cl)c(CC)c(Cl)c1O.CCc1c(Cl)cc(NC(=O)C(CC)Oc2ccc(C)cc2C)c(O)c1Cl.CCc1c(OCCCC(=O)O)cc(NC(=O)CCCOc2ccc(C)cc2Cl)c(O)c1Cl. The molecule has 9 N–H and O–H groups in total. The Hall–Kier alpha value is -8.66. The lowest BCUT2D eigenvalue weighted by Gasteiger charge is -2.22. The number of hydrogen-bond donors (Lipinski definition) is 9. The van der Waals surface area contributed by atoms with Crippen molar-refractivity contribution in [3.63, 3.8) is 0 Å². The first kappa shape index (κ1) is 92.9. The predicted molar refractivity (Wildman–Crippen MR) is 449 cm³/mol. The zero-order valence-electron chi connectivity index (χ0n) is 65.3. The van der Waals surface area contributed by atoms with Crippen molar-refractivity contribution in [3.05, 3.63) is 199 Å². The van der Waals surface area contributed by atoms with E-state index in [-0.39, 0.29) is 104 Å². The Morgan fingerprint density at radius 3 is 1.23 bits per heavy atom. The standard InChI is InChI=1S/C23H27Cl2NO6.C23H29Cl2NO3.C20H23Cl2NO3.C19H22ClNO3/c1-3-15-19(32-11-5-7-21(28)29)13-17(23(30)22(15)25)26-20(27)6-4-10-31-18-9-8-14(2)12-16(18)24;1-6-8-9-19(29-22-14(4)10-13(3)11-15(22)5)23(28)26-18-12-17(24)16(7-2)20(25)21(18)27;1-5-13-14(21)10-15(19(24)18(13)22)23-20(25)16(6-2)26-17-8-7-11(3)9-12(17)4;1-5-17(24-18-7-6-11(2)8-13(18)4)19(23)21-15-10-14(20)12(3)9-16(15)22/h8-9,12-13,30H,3-7,10-11H2,1-2H3,(H,26,27)(H,28,29);10-12,19,27H,6-9H2,1-5H3,(H,26,28);7-10,16,24H,5-6H2,1-4H3,(H,23,25);6-10,17,22H,5H2,1-4H3,(H,21,23). The number of carboxylic acids is 1. The molecule has 19 nitrogen and oxygen atoms in total. The number of phenols is 4. The van der Waals surface area contributed by atoms with Crippen molar-refractivity contribution in [1.29, 1.82) is 0 Å². The Bertz CT molecular complexity index is 4550. The topological polar surface area (TPSA) is 281 Å². The second kappa shape index (κ2) is 45.1. The largest absolute Gasteiger partial charge is 0.506 e. The lowest BCUT2D eigenvalue weighted by Crippen LogP contribution is -2.33. The van der Waals surface area contributed by atoms with Gasteiger partial charge in [0.2, 0.25) is 5.91 Å². The van der Waals surface area contributed by atoms with E-state index in [4.69, 9.17) is 110 Å². The van der Waals surface area contributed by atoms with Gasteiger partial charge in [-0.25, -0.2) is 0 Å². The highest BCUT2D eigenvalue weighted by Gasteiger charge is 2.28. The van der Waals surface area contributed by atoms with Crippen molar-refractivity contribution in [2.24, 2.45) is 0 Å². The van der Waals surface area contributed by atoms with E-state index < -0.39 is 24.3 Å². The van der Waals surface area contributed by atoms with Gasteiger partial charge in [0.1, 0.15) is 34.5 Å². The van der Waals surface area contributed by atoms with Gasteiger partial charge in [0.15, 0.2) is 35.6 Å². The molecule has 3 unspecified atom stereocenters. The summed E-state index contributed by atoms with van der Waals surface area (Å²) >= 11 is 43.3. The van der Waals surface area contributed by atoms with Crippen molar-refractivity contribution >= 4 is 134 Å². The maximum absolute atomic E-state index is 13.0. The molecule has 0 radical (unpaired) electrons. The number of carboxylic acid groups (broad SMARTS) is 1. The van der Waals surface area contributed by atoms with E-state index >= 15 is 0 Å². The number of benzene rings is 8. The Kier molecular flexibility index (Phi) is 37.8. The summed E-state index contributed by atoms with van der Waals surface area (Å²) in [5.41, 5.74) is 11.7. The first-order valence-electron chi connectivity index (χ1n) is 36.6. The van der Waals surface area contributed by atoms with Gasteiger partial charge in [-0.3, -0.25) is 24.0 Å². The number of aryl methyl sites for hydroxylation is 9. The van der Waals surface area contributed by atoms with Crippen LogP contribution in [0, 0.1) is 62.3 Å². The maximum Gasteiger partial charge on any atom is 0.303 e. The molecule has 0 aliphatic carbocycles. The highest BCUT2D eigenvalue weighted by molar-refractivity contribution is 6.38. The van der Waals surface area contributed by atoms with E-state index in [1.54, 1.807) is 19.1 Å². The number of carbonyl (C=O) groups is 5. The molecule has 0 aliphatic heterocycles. The van der Waals surface area contributed by atoms with Gasteiger partial charge in [-0.15, -0.1) is 0 Å². The van der Waals surface area contributed by atoms with Gasteiger partial charge in [-0.1, -0.05) is 188 Å². The van der Waals surface area contributed by atoms with Crippen molar-refractivity contribution in [2.75, 3.05) is 34.5 Å². The lowest BCUT2D eigenvalue weighted by molar-refractivity contribution is -0.137. The number of nitrogens with one attached hydrogen (secondary N) is 4.